The maximum absolute atomic E-state index is 12.5. The predicted molar refractivity (Wildman–Crippen MR) is 86.8 cm³/mol. The van der Waals surface area contributed by atoms with Crippen molar-refractivity contribution in [3.63, 3.8) is 0 Å². The number of amides is 1. The summed E-state index contributed by atoms with van der Waals surface area (Å²) in [4.78, 5) is 22.7. The normalized spacial score (nSPS) is 13.5. The van der Waals surface area contributed by atoms with Crippen LogP contribution in [0.15, 0.2) is 49.6 Å². The summed E-state index contributed by atoms with van der Waals surface area (Å²) in [6.07, 6.45) is 9.51. The van der Waals surface area contributed by atoms with Crippen LogP contribution in [0.5, 0.6) is 0 Å². The molecule has 23 heavy (non-hydrogen) atoms. The van der Waals surface area contributed by atoms with Crippen LogP contribution in [0.2, 0.25) is 0 Å². The summed E-state index contributed by atoms with van der Waals surface area (Å²) in [7, 11) is 0. The first kappa shape index (κ1) is 15.4. The molecule has 118 valence electrons. The Morgan fingerprint density at radius 1 is 1.35 bits per heavy atom. The van der Waals surface area contributed by atoms with Gasteiger partial charge in [-0.05, 0) is 35.2 Å². The highest BCUT2D eigenvalue weighted by Crippen LogP contribution is 2.23. The molecule has 2 aromatic heterocycles. The zero-order chi connectivity index (χ0) is 16.1. The molecular formula is C18H19N3O2. The number of ether oxygens (including phenoxy) is 1. The van der Waals surface area contributed by atoms with Crippen molar-refractivity contribution in [2.45, 2.75) is 19.6 Å². The quantitative estimate of drug-likeness (QED) is 0.628. The highest BCUT2D eigenvalue weighted by Gasteiger charge is 2.23. The van der Waals surface area contributed by atoms with Gasteiger partial charge in [0.1, 0.15) is 0 Å². The van der Waals surface area contributed by atoms with E-state index in [-0.39, 0.29) is 5.91 Å². The third-order valence-electron chi connectivity index (χ3n) is 3.92. The first-order valence-electron chi connectivity index (χ1n) is 7.62. The zero-order valence-electron chi connectivity index (χ0n) is 12.9. The van der Waals surface area contributed by atoms with Crippen molar-refractivity contribution in [2.24, 2.45) is 0 Å². The fraction of sp³-hybridized carbons (Fsp3) is 0.278. The van der Waals surface area contributed by atoms with E-state index in [1.807, 2.05) is 17.3 Å². The summed E-state index contributed by atoms with van der Waals surface area (Å²) in [5.41, 5.74) is 4.06. The SMILES string of the molecule is C=CCOCc1cncc2c1CCN(C(=O)c1cccnc1)C2. The van der Waals surface area contributed by atoms with Crippen LogP contribution in [0, 0.1) is 0 Å². The molecule has 0 aliphatic carbocycles. The molecule has 0 N–H and O–H groups in total. The van der Waals surface area contributed by atoms with Gasteiger partial charge in [0.05, 0.1) is 18.8 Å². The summed E-state index contributed by atoms with van der Waals surface area (Å²) >= 11 is 0. The van der Waals surface area contributed by atoms with Crippen molar-refractivity contribution < 1.29 is 9.53 Å². The van der Waals surface area contributed by atoms with Gasteiger partial charge in [0, 0.05) is 37.9 Å². The van der Waals surface area contributed by atoms with E-state index in [0.29, 0.717) is 31.9 Å². The molecule has 1 aliphatic heterocycles. The van der Waals surface area contributed by atoms with Gasteiger partial charge < -0.3 is 9.64 Å². The van der Waals surface area contributed by atoms with Crippen LogP contribution in [-0.4, -0.2) is 33.9 Å². The number of hydrogen-bond acceptors (Lipinski definition) is 4. The number of carbonyl (C=O) groups excluding carboxylic acids is 1. The molecule has 0 spiro atoms. The van der Waals surface area contributed by atoms with Crippen LogP contribution in [-0.2, 0) is 24.3 Å². The summed E-state index contributed by atoms with van der Waals surface area (Å²) in [5.74, 6) is 0.0112. The van der Waals surface area contributed by atoms with Crippen LogP contribution in [0.25, 0.3) is 0 Å². The summed E-state index contributed by atoms with van der Waals surface area (Å²) in [5, 5.41) is 0. The van der Waals surface area contributed by atoms with Crippen LogP contribution in [0.1, 0.15) is 27.0 Å². The van der Waals surface area contributed by atoms with E-state index in [1.165, 1.54) is 5.56 Å². The highest BCUT2D eigenvalue weighted by atomic mass is 16.5. The summed E-state index contributed by atoms with van der Waals surface area (Å²) in [6.45, 7) is 5.97. The van der Waals surface area contributed by atoms with E-state index in [2.05, 4.69) is 16.5 Å². The smallest absolute Gasteiger partial charge is 0.255 e. The number of fused-ring (bicyclic) bond motifs is 1. The van der Waals surface area contributed by atoms with E-state index >= 15 is 0 Å². The second kappa shape index (κ2) is 7.15. The molecule has 0 fully saturated rings. The number of hydrogen-bond donors (Lipinski definition) is 0. The van der Waals surface area contributed by atoms with Gasteiger partial charge in [0.2, 0.25) is 0 Å². The lowest BCUT2D eigenvalue weighted by atomic mass is 9.97. The molecular weight excluding hydrogens is 290 g/mol. The second-order valence-corrected chi connectivity index (χ2v) is 5.46. The number of rotatable bonds is 5. The molecule has 0 aromatic carbocycles. The third kappa shape index (κ3) is 3.46. The molecule has 5 nitrogen and oxygen atoms in total. The lowest BCUT2D eigenvalue weighted by Crippen LogP contribution is -2.36. The van der Waals surface area contributed by atoms with Crippen LogP contribution in [0.4, 0.5) is 0 Å². The lowest BCUT2D eigenvalue weighted by Gasteiger charge is -2.29. The predicted octanol–water partition coefficient (Wildman–Crippen LogP) is 2.38. The number of carbonyl (C=O) groups is 1. The van der Waals surface area contributed by atoms with Gasteiger partial charge in [-0.1, -0.05) is 6.08 Å². The van der Waals surface area contributed by atoms with Crippen molar-refractivity contribution in [2.75, 3.05) is 13.2 Å². The Balaban J connectivity index is 1.75. The summed E-state index contributed by atoms with van der Waals surface area (Å²) in [6, 6.07) is 3.57. The highest BCUT2D eigenvalue weighted by molar-refractivity contribution is 5.94. The average molecular weight is 309 g/mol. The van der Waals surface area contributed by atoms with E-state index in [9.17, 15) is 4.79 Å². The topological polar surface area (TPSA) is 55.3 Å². The van der Waals surface area contributed by atoms with Crippen LogP contribution in [0.3, 0.4) is 0 Å². The fourth-order valence-corrected chi connectivity index (χ4v) is 2.79. The first-order chi connectivity index (χ1) is 11.3. The van der Waals surface area contributed by atoms with Crippen molar-refractivity contribution in [1.29, 1.82) is 0 Å². The van der Waals surface area contributed by atoms with E-state index in [4.69, 9.17) is 4.74 Å². The zero-order valence-corrected chi connectivity index (χ0v) is 12.9. The van der Waals surface area contributed by atoms with Gasteiger partial charge in [0.25, 0.3) is 5.91 Å². The molecule has 0 unspecified atom stereocenters. The number of pyridine rings is 2. The van der Waals surface area contributed by atoms with E-state index in [1.54, 1.807) is 30.6 Å². The number of aromatic nitrogens is 2. The monoisotopic (exact) mass is 309 g/mol. The van der Waals surface area contributed by atoms with Crippen molar-refractivity contribution in [1.82, 2.24) is 14.9 Å². The second-order valence-electron chi connectivity index (χ2n) is 5.46. The van der Waals surface area contributed by atoms with Gasteiger partial charge in [-0.15, -0.1) is 6.58 Å². The maximum atomic E-state index is 12.5. The van der Waals surface area contributed by atoms with E-state index < -0.39 is 0 Å². The summed E-state index contributed by atoms with van der Waals surface area (Å²) < 4.78 is 5.53. The molecule has 0 saturated heterocycles. The minimum atomic E-state index is 0.0112. The van der Waals surface area contributed by atoms with Crippen molar-refractivity contribution in [3.8, 4) is 0 Å². The van der Waals surface area contributed by atoms with Crippen molar-refractivity contribution in [3.05, 3.63) is 71.8 Å². The minimum Gasteiger partial charge on any atom is -0.373 e. The molecule has 0 bridgehead atoms. The Morgan fingerprint density at radius 3 is 3.04 bits per heavy atom. The van der Waals surface area contributed by atoms with E-state index in [0.717, 1.165) is 17.5 Å². The molecule has 2 aromatic rings. The molecule has 0 radical (unpaired) electrons. The molecule has 1 amide bonds. The van der Waals surface area contributed by atoms with Gasteiger partial charge in [-0.25, -0.2) is 0 Å². The molecule has 5 heteroatoms. The standard InChI is InChI=1S/C18H19N3O2/c1-2-8-23-13-16-11-20-10-15-12-21(7-5-17(15)16)18(22)14-4-3-6-19-9-14/h2-4,6,9-11H,1,5,7-8,12-13H2. The Morgan fingerprint density at radius 2 is 2.26 bits per heavy atom. The Hall–Kier alpha value is -2.53. The third-order valence-corrected chi connectivity index (χ3v) is 3.92. The van der Waals surface area contributed by atoms with Crippen LogP contribution < -0.4 is 0 Å². The van der Waals surface area contributed by atoms with Crippen LogP contribution >= 0.6 is 0 Å². The molecule has 3 heterocycles. The van der Waals surface area contributed by atoms with Crippen molar-refractivity contribution >= 4 is 5.91 Å². The van der Waals surface area contributed by atoms with Gasteiger partial charge in [-0.2, -0.15) is 0 Å². The molecule has 0 saturated carbocycles. The lowest BCUT2D eigenvalue weighted by molar-refractivity contribution is 0.0732. The minimum absolute atomic E-state index is 0.0112. The molecule has 1 aliphatic rings. The Labute approximate surface area is 135 Å². The molecule has 3 rings (SSSR count). The Kier molecular flexibility index (Phi) is 4.78. The Bertz CT molecular complexity index is 701. The largest absolute Gasteiger partial charge is 0.373 e. The average Bonchev–Trinajstić information content (AvgIpc) is 2.62. The van der Waals surface area contributed by atoms with Gasteiger partial charge in [-0.3, -0.25) is 14.8 Å². The molecule has 0 atom stereocenters. The van der Waals surface area contributed by atoms with Gasteiger partial charge >= 0.3 is 0 Å². The maximum Gasteiger partial charge on any atom is 0.255 e. The fourth-order valence-electron chi connectivity index (χ4n) is 2.79. The van der Waals surface area contributed by atoms with Gasteiger partial charge in [0.15, 0.2) is 0 Å². The number of nitrogens with zero attached hydrogens (tertiary/aromatic N) is 3. The first-order valence-corrected chi connectivity index (χ1v) is 7.62.